The normalized spacial score (nSPS) is 10.7. The first kappa shape index (κ1) is 13.6. The summed E-state index contributed by atoms with van der Waals surface area (Å²) >= 11 is 0. The maximum Gasteiger partial charge on any atom is 0.0343 e. The molecule has 0 unspecified atom stereocenters. The third-order valence-corrected chi connectivity index (χ3v) is 3.02. The Kier molecular flexibility index (Phi) is 4.93. The smallest absolute Gasteiger partial charge is 0.0343 e. The number of anilines is 1. The molecule has 2 rings (SSSR count). The molecule has 1 N–H and O–H groups in total. The predicted molar refractivity (Wildman–Crippen MR) is 80.2 cm³/mol. The van der Waals surface area contributed by atoms with Crippen LogP contribution >= 0.6 is 0 Å². The zero-order valence-corrected chi connectivity index (χ0v) is 11.6. The van der Waals surface area contributed by atoms with Gasteiger partial charge in [0.1, 0.15) is 0 Å². The van der Waals surface area contributed by atoms with Gasteiger partial charge in [0, 0.05) is 37.7 Å². The van der Waals surface area contributed by atoms with E-state index in [1.165, 1.54) is 16.8 Å². The Bertz CT molecular complexity index is 496. The SMILES string of the molecule is Cc1cccc(NCCN(C)Cc2cccnc2)c1. The fourth-order valence-electron chi connectivity index (χ4n) is 2.03. The molecule has 0 amide bonds. The number of aryl methyl sites for hydroxylation is 1. The highest BCUT2D eigenvalue weighted by Gasteiger charge is 2.00. The summed E-state index contributed by atoms with van der Waals surface area (Å²) < 4.78 is 0. The van der Waals surface area contributed by atoms with E-state index in [-0.39, 0.29) is 0 Å². The number of nitrogens with zero attached hydrogens (tertiary/aromatic N) is 2. The molecule has 19 heavy (non-hydrogen) atoms. The molecule has 3 heteroatoms. The van der Waals surface area contributed by atoms with Gasteiger partial charge in [0.25, 0.3) is 0 Å². The Balaban J connectivity index is 1.73. The van der Waals surface area contributed by atoms with Crippen molar-refractivity contribution in [2.45, 2.75) is 13.5 Å². The number of hydrogen-bond acceptors (Lipinski definition) is 3. The van der Waals surface area contributed by atoms with Gasteiger partial charge < -0.3 is 10.2 Å². The topological polar surface area (TPSA) is 28.2 Å². The van der Waals surface area contributed by atoms with Gasteiger partial charge in [0.05, 0.1) is 0 Å². The summed E-state index contributed by atoms with van der Waals surface area (Å²) in [7, 11) is 2.13. The van der Waals surface area contributed by atoms with Crippen molar-refractivity contribution in [3.63, 3.8) is 0 Å². The Morgan fingerprint density at radius 1 is 1.21 bits per heavy atom. The number of pyridine rings is 1. The van der Waals surface area contributed by atoms with E-state index >= 15 is 0 Å². The van der Waals surface area contributed by atoms with Crippen molar-refractivity contribution in [1.82, 2.24) is 9.88 Å². The highest BCUT2D eigenvalue weighted by Crippen LogP contribution is 2.09. The maximum absolute atomic E-state index is 4.13. The number of rotatable bonds is 6. The van der Waals surface area contributed by atoms with Gasteiger partial charge in [-0.1, -0.05) is 18.2 Å². The van der Waals surface area contributed by atoms with Crippen LogP contribution in [-0.2, 0) is 6.54 Å². The van der Waals surface area contributed by atoms with E-state index in [0.29, 0.717) is 0 Å². The highest BCUT2D eigenvalue weighted by molar-refractivity contribution is 5.45. The van der Waals surface area contributed by atoms with Gasteiger partial charge in [-0.3, -0.25) is 4.98 Å². The fourth-order valence-corrected chi connectivity index (χ4v) is 2.03. The number of benzene rings is 1. The molecule has 1 aromatic carbocycles. The van der Waals surface area contributed by atoms with Crippen LogP contribution in [0.3, 0.4) is 0 Å². The molecule has 0 bridgehead atoms. The lowest BCUT2D eigenvalue weighted by molar-refractivity contribution is 0.339. The van der Waals surface area contributed by atoms with Crippen LogP contribution in [-0.4, -0.2) is 30.0 Å². The summed E-state index contributed by atoms with van der Waals surface area (Å²) in [6.07, 6.45) is 3.73. The summed E-state index contributed by atoms with van der Waals surface area (Å²) in [5, 5.41) is 3.44. The molecule has 0 fully saturated rings. The molecule has 0 saturated heterocycles. The lowest BCUT2D eigenvalue weighted by atomic mass is 10.2. The minimum absolute atomic E-state index is 0.934. The van der Waals surface area contributed by atoms with Crippen LogP contribution in [0.2, 0.25) is 0 Å². The molecule has 0 aliphatic rings. The van der Waals surface area contributed by atoms with Gasteiger partial charge in [-0.05, 0) is 43.3 Å². The molecule has 0 radical (unpaired) electrons. The predicted octanol–water partition coefficient (Wildman–Crippen LogP) is 2.93. The molecule has 2 aromatic rings. The van der Waals surface area contributed by atoms with Crippen molar-refractivity contribution >= 4 is 5.69 Å². The van der Waals surface area contributed by atoms with E-state index in [4.69, 9.17) is 0 Å². The average molecular weight is 255 g/mol. The second-order valence-electron chi connectivity index (χ2n) is 4.90. The molecular weight excluding hydrogens is 234 g/mol. The molecule has 100 valence electrons. The number of aromatic nitrogens is 1. The molecule has 0 atom stereocenters. The van der Waals surface area contributed by atoms with Crippen molar-refractivity contribution in [1.29, 1.82) is 0 Å². The first-order valence-corrected chi connectivity index (χ1v) is 6.62. The van der Waals surface area contributed by atoms with Crippen LogP contribution in [0.4, 0.5) is 5.69 Å². The van der Waals surface area contributed by atoms with Crippen LogP contribution in [0.5, 0.6) is 0 Å². The van der Waals surface area contributed by atoms with Gasteiger partial charge in [0.2, 0.25) is 0 Å². The zero-order chi connectivity index (χ0) is 13.5. The van der Waals surface area contributed by atoms with Crippen molar-refractivity contribution < 1.29 is 0 Å². The van der Waals surface area contributed by atoms with Crippen LogP contribution in [0.25, 0.3) is 0 Å². The number of likely N-dealkylation sites (N-methyl/N-ethyl adjacent to an activating group) is 1. The average Bonchev–Trinajstić information content (AvgIpc) is 2.40. The van der Waals surface area contributed by atoms with Crippen LogP contribution in [0.15, 0.2) is 48.8 Å². The van der Waals surface area contributed by atoms with Crippen LogP contribution in [0, 0.1) is 6.92 Å². The quantitative estimate of drug-likeness (QED) is 0.860. The Morgan fingerprint density at radius 3 is 2.84 bits per heavy atom. The van der Waals surface area contributed by atoms with Crippen molar-refractivity contribution in [2.75, 3.05) is 25.5 Å². The monoisotopic (exact) mass is 255 g/mol. The lowest BCUT2D eigenvalue weighted by Gasteiger charge is -2.17. The van der Waals surface area contributed by atoms with Gasteiger partial charge in [0.15, 0.2) is 0 Å². The Labute approximate surface area is 115 Å². The second-order valence-corrected chi connectivity index (χ2v) is 4.90. The number of hydrogen-bond donors (Lipinski definition) is 1. The third-order valence-electron chi connectivity index (χ3n) is 3.02. The summed E-state index contributed by atoms with van der Waals surface area (Å²) in [6, 6.07) is 12.6. The van der Waals surface area contributed by atoms with Crippen molar-refractivity contribution in [2.24, 2.45) is 0 Å². The van der Waals surface area contributed by atoms with Crippen LogP contribution < -0.4 is 5.32 Å². The highest BCUT2D eigenvalue weighted by atomic mass is 15.1. The molecule has 0 spiro atoms. The van der Waals surface area contributed by atoms with E-state index in [2.05, 4.69) is 59.5 Å². The first-order valence-electron chi connectivity index (χ1n) is 6.62. The first-order chi connectivity index (χ1) is 9.24. The van der Waals surface area contributed by atoms with E-state index < -0.39 is 0 Å². The summed E-state index contributed by atoms with van der Waals surface area (Å²) in [5.74, 6) is 0. The molecule has 0 aliphatic heterocycles. The summed E-state index contributed by atoms with van der Waals surface area (Å²) in [6.45, 7) is 4.99. The minimum atomic E-state index is 0.934. The van der Waals surface area contributed by atoms with Gasteiger partial charge in [-0.2, -0.15) is 0 Å². The molecule has 3 nitrogen and oxygen atoms in total. The van der Waals surface area contributed by atoms with E-state index in [9.17, 15) is 0 Å². The summed E-state index contributed by atoms with van der Waals surface area (Å²) in [4.78, 5) is 6.42. The largest absolute Gasteiger partial charge is 0.384 e. The fraction of sp³-hybridized carbons (Fsp3) is 0.312. The second kappa shape index (κ2) is 6.90. The Hall–Kier alpha value is -1.87. The minimum Gasteiger partial charge on any atom is -0.384 e. The number of nitrogens with one attached hydrogen (secondary N) is 1. The zero-order valence-electron chi connectivity index (χ0n) is 11.6. The van der Waals surface area contributed by atoms with Crippen LogP contribution in [0.1, 0.15) is 11.1 Å². The van der Waals surface area contributed by atoms with Crippen molar-refractivity contribution in [3.05, 3.63) is 59.9 Å². The molecule has 0 saturated carbocycles. The van der Waals surface area contributed by atoms with E-state index in [0.717, 1.165) is 19.6 Å². The van der Waals surface area contributed by atoms with Crippen molar-refractivity contribution in [3.8, 4) is 0 Å². The lowest BCUT2D eigenvalue weighted by Crippen LogP contribution is -2.24. The van der Waals surface area contributed by atoms with E-state index in [1.807, 2.05) is 18.5 Å². The van der Waals surface area contributed by atoms with Gasteiger partial charge >= 0.3 is 0 Å². The van der Waals surface area contributed by atoms with E-state index in [1.54, 1.807) is 0 Å². The summed E-state index contributed by atoms with van der Waals surface area (Å²) in [5.41, 5.74) is 3.73. The van der Waals surface area contributed by atoms with Gasteiger partial charge in [-0.15, -0.1) is 0 Å². The Morgan fingerprint density at radius 2 is 2.11 bits per heavy atom. The standard InChI is InChI=1S/C16H21N3/c1-14-5-3-7-16(11-14)18-9-10-19(2)13-15-6-4-8-17-12-15/h3-8,11-12,18H,9-10,13H2,1-2H3. The molecular formula is C16H21N3. The molecule has 0 aliphatic carbocycles. The maximum atomic E-state index is 4.13. The molecule has 1 heterocycles. The third kappa shape index (κ3) is 4.72. The molecule has 1 aromatic heterocycles. The van der Waals surface area contributed by atoms with Gasteiger partial charge in [-0.25, -0.2) is 0 Å².